The largest absolute Gasteiger partial charge is 0.349 e. The summed E-state index contributed by atoms with van der Waals surface area (Å²) in [5.41, 5.74) is 2.04. The maximum absolute atomic E-state index is 12.6. The van der Waals surface area contributed by atoms with Crippen LogP contribution in [0.4, 0.5) is 0 Å². The lowest BCUT2D eigenvalue weighted by molar-refractivity contribution is 0.0958. The fourth-order valence-corrected chi connectivity index (χ4v) is 3.89. The third kappa shape index (κ3) is 5.87. The number of carbonyl (C=O) groups is 1. The average Bonchev–Trinajstić information content (AvgIpc) is 3.27. The maximum atomic E-state index is 12.6. The van der Waals surface area contributed by atoms with Crippen LogP contribution in [0, 0.1) is 0 Å². The summed E-state index contributed by atoms with van der Waals surface area (Å²) in [6.45, 7) is 6.01. The van der Waals surface area contributed by atoms with E-state index in [1.165, 1.54) is 18.2 Å². The van der Waals surface area contributed by atoms with Gasteiger partial charge in [-0.2, -0.15) is 4.98 Å². The molecule has 0 unspecified atom stereocenters. The highest BCUT2D eigenvalue weighted by Gasteiger charge is 2.16. The fourth-order valence-electron chi connectivity index (χ4n) is 2.81. The number of hydrogen-bond donors (Lipinski definition) is 2. The summed E-state index contributed by atoms with van der Waals surface area (Å²) in [5, 5.41) is 6.50. The highest BCUT2D eigenvalue weighted by molar-refractivity contribution is 7.89. The Labute approximate surface area is 181 Å². The number of nitrogens with one attached hydrogen (secondary N) is 2. The minimum absolute atomic E-state index is 0.0391. The Kier molecular flexibility index (Phi) is 7.32. The van der Waals surface area contributed by atoms with E-state index in [1.807, 2.05) is 31.2 Å². The summed E-state index contributed by atoms with van der Waals surface area (Å²) in [6, 6.07) is 13.4. The molecule has 0 bridgehead atoms. The van der Waals surface area contributed by atoms with Crippen LogP contribution in [0.3, 0.4) is 0 Å². The van der Waals surface area contributed by atoms with Gasteiger partial charge in [0.1, 0.15) is 0 Å². The molecule has 1 aromatic heterocycles. The highest BCUT2D eigenvalue weighted by atomic mass is 32.2. The summed E-state index contributed by atoms with van der Waals surface area (Å²) in [7, 11) is -3.74. The van der Waals surface area contributed by atoms with Crippen molar-refractivity contribution < 1.29 is 17.7 Å². The number of aromatic nitrogens is 2. The molecule has 162 valence electrons. The van der Waals surface area contributed by atoms with Crippen molar-refractivity contribution in [2.24, 2.45) is 0 Å². The first-order valence-corrected chi connectivity index (χ1v) is 11.3. The van der Waals surface area contributed by atoms with Crippen LogP contribution in [0.2, 0.25) is 0 Å². The smallest absolute Gasteiger partial charge is 0.257 e. The summed E-state index contributed by atoms with van der Waals surface area (Å²) in [4.78, 5) is 16.4. The summed E-state index contributed by atoms with van der Waals surface area (Å²) in [6.07, 6.45) is 2.75. The Bertz CT molecular complexity index is 1150. The molecule has 9 heteroatoms. The molecule has 31 heavy (non-hydrogen) atoms. The van der Waals surface area contributed by atoms with Gasteiger partial charge in [-0.3, -0.25) is 4.79 Å². The van der Waals surface area contributed by atoms with E-state index >= 15 is 0 Å². The van der Waals surface area contributed by atoms with E-state index in [2.05, 4.69) is 26.8 Å². The second-order valence-corrected chi connectivity index (χ2v) is 8.51. The number of sulfonamides is 1. The minimum Gasteiger partial charge on any atom is -0.349 e. The molecule has 0 radical (unpaired) electrons. The van der Waals surface area contributed by atoms with Gasteiger partial charge in [0.05, 0.1) is 4.90 Å². The monoisotopic (exact) mass is 440 g/mol. The second kappa shape index (κ2) is 10.1. The van der Waals surface area contributed by atoms with Crippen LogP contribution in [0.5, 0.6) is 0 Å². The van der Waals surface area contributed by atoms with Gasteiger partial charge >= 0.3 is 0 Å². The third-order valence-electron chi connectivity index (χ3n) is 4.50. The van der Waals surface area contributed by atoms with E-state index in [0.29, 0.717) is 31.1 Å². The summed E-state index contributed by atoms with van der Waals surface area (Å²) in [5.74, 6) is 0.751. The fraction of sp³-hybridized carbons (Fsp3) is 0.227. The van der Waals surface area contributed by atoms with E-state index in [-0.39, 0.29) is 22.9 Å². The molecule has 0 fully saturated rings. The molecule has 0 saturated heterocycles. The molecule has 1 amide bonds. The molecule has 1 heterocycles. The summed E-state index contributed by atoms with van der Waals surface area (Å²) >= 11 is 0. The van der Waals surface area contributed by atoms with E-state index in [1.54, 1.807) is 12.1 Å². The SMILES string of the molecule is C=CCNC(=O)c1cccc(S(=O)(=O)NCCc2ccc(-c3nc(CC)no3)cc2)c1. The van der Waals surface area contributed by atoms with Crippen molar-refractivity contribution in [2.45, 2.75) is 24.7 Å². The molecule has 3 aromatic rings. The third-order valence-corrected chi connectivity index (χ3v) is 5.96. The number of carbonyl (C=O) groups excluding carboxylic acids is 1. The Morgan fingerprint density at radius 3 is 2.65 bits per heavy atom. The van der Waals surface area contributed by atoms with E-state index in [4.69, 9.17) is 4.52 Å². The molecule has 0 aliphatic carbocycles. The average molecular weight is 441 g/mol. The molecule has 8 nitrogen and oxygen atoms in total. The standard InChI is InChI=1S/C22H24N4O4S/c1-3-13-23-21(27)18-6-5-7-19(15-18)31(28,29)24-14-12-16-8-10-17(11-9-16)22-25-20(4-2)26-30-22/h3,5-11,15,24H,1,4,12-14H2,2H3,(H,23,27). The van der Waals surface area contributed by atoms with Gasteiger partial charge < -0.3 is 9.84 Å². The van der Waals surface area contributed by atoms with Crippen molar-refractivity contribution in [1.29, 1.82) is 0 Å². The maximum Gasteiger partial charge on any atom is 0.257 e. The van der Waals surface area contributed by atoms with Gasteiger partial charge in [-0.25, -0.2) is 13.1 Å². The predicted molar refractivity (Wildman–Crippen MR) is 117 cm³/mol. The number of rotatable bonds is 10. The second-order valence-electron chi connectivity index (χ2n) is 6.74. The van der Waals surface area contributed by atoms with Crippen molar-refractivity contribution in [1.82, 2.24) is 20.2 Å². The van der Waals surface area contributed by atoms with Crippen LogP contribution in [0.15, 0.2) is 70.6 Å². The first-order valence-electron chi connectivity index (χ1n) is 9.83. The zero-order chi connectivity index (χ0) is 22.3. The molecule has 0 saturated carbocycles. The normalized spacial score (nSPS) is 11.3. The molecule has 0 aliphatic rings. The number of nitrogens with zero attached hydrogens (tertiary/aromatic N) is 2. The predicted octanol–water partition coefficient (Wildman–Crippen LogP) is 2.74. The van der Waals surface area contributed by atoms with Crippen LogP contribution >= 0.6 is 0 Å². The van der Waals surface area contributed by atoms with Crippen LogP contribution < -0.4 is 10.0 Å². The van der Waals surface area contributed by atoms with Gasteiger partial charge in [0.2, 0.25) is 10.0 Å². The topological polar surface area (TPSA) is 114 Å². The van der Waals surface area contributed by atoms with Gasteiger partial charge in [-0.1, -0.05) is 36.4 Å². The zero-order valence-corrected chi connectivity index (χ0v) is 18.0. The number of hydrogen-bond acceptors (Lipinski definition) is 6. The van der Waals surface area contributed by atoms with Gasteiger partial charge in [-0.05, 0) is 42.3 Å². The lowest BCUT2D eigenvalue weighted by Gasteiger charge is -2.09. The van der Waals surface area contributed by atoms with Crippen molar-refractivity contribution >= 4 is 15.9 Å². The molecular formula is C22H24N4O4S. The Balaban J connectivity index is 1.59. The van der Waals surface area contributed by atoms with E-state index in [9.17, 15) is 13.2 Å². The van der Waals surface area contributed by atoms with Crippen molar-refractivity contribution in [3.8, 4) is 11.5 Å². The Hall–Kier alpha value is -3.30. The van der Waals surface area contributed by atoms with Crippen molar-refractivity contribution in [3.05, 3.63) is 78.1 Å². The van der Waals surface area contributed by atoms with Gasteiger partial charge in [-0.15, -0.1) is 6.58 Å². The van der Waals surface area contributed by atoms with E-state index in [0.717, 1.165) is 11.1 Å². The molecule has 2 N–H and O–H groups in total. The number of benzene rings is 2. The first-order chi connectivity index (χ1) is 14.9. The van der Waals surface area contributed by atoms with Crippen LogP contribution in [0.25, 0.3) is 11.5 Å². The van der Waals surface area contributed by atoms with Crippen molar-refractivity contribution in [2.75, 3.05) is 13.1 Å². The van der Waals surface area contributed by atoms with Crippen molar-refractivity contribution in [3.63, 3.8) is 0 Å². The zero-order valence-electron chi connectivity index (χ0n) is 17.2. The molecule has 3 rings (SSSR count). The van der Waals surface area contributed by atoms with Gasteiger partial charge in [0.15, 0.2) is 5.82 Å². The molecule has 0 spiro atoms. The van der Waals surface area contributed by atoms with Crippen LogP contribution in [-0.2, 0) is 22.9 Å². The molecule has 2 aromatic carbocycles. The molecular weight excluding hydrogens is 416 g/mol. The lowest BCUT2D eigenvalue weighted by atomic mass is 10.1. The number of aryl methyl sites for hydroxylation is 1. The lowest BCUT2D eigenvalue weighted by Crippen LogP contribution is -2.27. The Morgan fingerprint density at radius 2 is 1.97 bits per heavy atom. The molecule has 0 atom stereocenters. The first kappa shape index (κ1) is 22.4. The summed E-state index contributed by atoms with van der Waals surface area (Å²) < 4.78 is 33.0. The molecule has 0 aliphatic heterocycles. The van der Waals surface area contributed by atoms with Crippen LogP contribution in [-0.4, -0.2) is 37.6 Å². The number of amides is 1. The van der Waals surface area contributed by atoms with Gasteiger partial charge in [0, 0.05) is 30.6 Å². The minimum atomic E-state index is -3.74. The Morgan fingerprint density at radius 1 is 1.19 bits per heavy atom. The highest BCUT2D eigenvalue weighted by Crippen LogP contribution is 2.18. The quantitative estimate of drug-likeness (QED) is 0.469. The van der Waals surface area contributed by atoms with Gasteiger partial charge in [0.25, 0.3) is 11.8 Å². The van der Waals surface area contributed by atoms with Crippen LogP contribution in [0.1, 0.15) is 28.7 Å². The van der Waals surface area contributed by atoms with E-state index < -0.39 is 10.0 Å².